The topological polar surface area (TPSA) is 72.9 Å². The molecule has 2 aromatic carbocycles. The molecule has 3 atom stereocenters. The highest BCUT2D eigenvalue weighted by Gasteiger charge is 2.39. The van der Waals surface area contributed by atoms with Crippen LogP contribution in [-0.2, 0) is 4.79 Å². The molecule has 2 saturated heterocycles. The van der Waals surface area contributed by atoms with Crippen LogP contribution in [0.1, 0.15) is 35.7 Å². The molecule has 0 spiro atoms. The Morgan fingerprint density at radius 1 is 1.00 bits per heavy atom. The smallest absolute Gasteiger partial charge is 0.241 e. The molecule has 4 rings (SSSR count). The number of hydrogen-bond acceptors (Lipinski definition) is 5. The van der Waals surface area contributed by atoms with E-state index < -0.39 is 12.1 Å². The second-order valence-corrected chi connectivity index (χ2v) is 8.24. The van der Waals surface area contributed by atoms with E-state index in [4.69, 9.17) is 0 Å². The zero-order valence-corrected chi connectivity index (χ0v) is 17.3. The molecule has 30 heavy (non-hydrogen) atoms. The van der Waals surface area contributed by atoms with Gasteiger partial charge >= 0.3 is 0 Å². The first-order chi connectivity index (χ1) is 14.5. The lowest BCUT2D eigenvalue weighted by Gasteiger charge is -2.27. The van der Waals surface area contributed by atoms with E-state index in [1.54, 1.807) is 30.3 Å². The summed E-state index contributed by atoms with van der Waals surface area (Å²) in [5.74, 6) is -0.289. The summed E-state index contributed by atoms with van der Waals surface area (Å²) in [5, 5.41) is 13.5. The second-order valence-electron chi connectivity index (χ2n) is 8.24. The number of ketones is 1. The summed E-state index contributed by atoms with van der Waals surface area (Å²) in [5.41, 5.74) is 1.57. The van der Waals surface area contributed by atoms with Gasteiger partial charge in [-0.3, -0.25) is 19.4 Å². The first-order valence-electron chi connectivity index (χ1n) is 10.7. The van der Waals surface area contributed by atoms with E-state index in [9.17, 15) is 14.7 Å². The Kier molecular flexibility index (Phi) is 6.27. The lowest BCUT2D eigenvalue weighted by molar-refractivity contribution is -0.120. The van der Waals surface area contributed by atoms with E-state index >= 15 is 0 Å². The molecule has 0 unspecified atom stereocenters. The van der Waals surface area contributed by atoms with E-state index in [2.05, 4.69) is 10.2 Å². The van der Waals surface area contributed by atoms with Gasteiger partial charge in [0.1, 0.15) is 0 Å². The van der Waals surface area contributed by atoms with E-state index in [1.165, 1.54) is 12.8 Å². The number of anilines is 1. The summed E-state index contributed by atoms with van der Waals surface area (Å²) in [4.78, 5) is 30.3. The number of rotatable bonds is 6. The van der Waals surface area contributed by atoms with Gasteiger partial charge in [-0.15, -0.1) is 0 Å². The van der Waals surface area contributed by atoms with Gasteiger partial charge in [0.15, 0.2) is 5.78 Å². The minimum absolute atomic E-state index is 0.0923. The number of amides is 1. The summed E-state index contributed by atoms with van der Waals surface area (Å²) in [6.07, 6.45) is 1.90. The molecule has 0 aromatic heterocycles. The fourth-order valence-corrected chi connectivity index (χ4v) is 4.48. The number of para-hydroxylation sites is 1. The zero-order valence-electron chi connectivity index (χ0n) is 17.3. The van der Waals surface area contributed by atoms with Crippen LogP contribution in [0.4, 0.5) is 5.69 Å². The number of benzene rings is 2. The molecule has 0 radical (unpaired) electrons. The van der Waals surface area contributed by atoms with Crippen LogP contribution in [0.3, 0.4) is 0 Å². The predicted octanol–water partition coefficient (Wildman–Crippen LogP) is 2.39. The Balaban J connectivity index is 1.45. The minimum Gasteiger partial charge on any atom is -0.390 e. The van der Waals surface area contributed by atoms with E-state index in [-0.39, 0.29) is 17.7 Å². The molecular formula is C24H29N3O3. The largest absolute Gasteiger partial charge is 0.390 e. The van der Waals surface area contributed by atoms with Gasteiger partial charge in [-0.25, -0.2) is 0 Å². The molecule has 6 heteroatoms. The molecule has 2 aliphatic rings. The number of nitrogens with zero attached hydrogens (tertiary/aromatic N) is 2. The summed E-state index contributed by atoms with van der Waals surface area (Å²) in [7, 11) is 0. The molecule has 2 N–H and O–H groups in total. The van der Waals surface area contributed by atoms with Gasteiger partial charge in [-0.05, 0) is 45.0 Å². The lowest BCUT2D eigenvalue weighted by Crippen LogP contribution is -2.43. The SMILES string of the molecule is C[C@H](C(=O)Nc1ccccc1C(=O)c1ccccc1)N1C[C@@H](N2CCCC2)[C@@H](O)C1. The predicted molar refractivity (Wildman–Crippen MR) is 117 cm³/mol. The van der Waals surface area contributed by atoms with Gasteiger partial charge in [0, 0.05) is 30.3 Å². The molecule has 2 aliphatic heterocycles. The normalized spacial score (nSPS) is 23.4. The number of aliphatic hydroxyl groups is 1. The van der Waals surface area contributed by atoms with Crippen molar-refractivity contribution in [3.05, 3.63) is 65.7 Å². The summed E-state index contributed by atoms with van der Waals surface area (Å²) >= 11 is 0. The van der Waals surface area contributed by atoms with Crippen molar-refractivity contribution in [2.75, 3.05) is 31.5 Å². The number of carbonyl (C=O) groups is 2. The Hall–Kier alpha value is -2.54. The third-order valence-corrected chi connectivity index (χ3v) is 6.29. The fourth-order valence-electron chi connectivity index (χ4n) is 4.48. The van der Waals surface area contributed by atoms with E-state index in [1.807, 2.05) is 36.1 Å². The second kappa shape index (κ2) is 9.08. The molecule has 2 heterocycles. The average Bonchev–Trinajstić information content (AvgIpc) is 3.43. The standard InChI is InChI=1S/C24H29N3O3/c1-17(27-15-21(22(28)16-27)26-13-7-8-14-26)24(30)25-20-12-6-5-11-19(20)23(29)18-9-3-2-4-10-18/h2-6,9-12,17,21-22,28H,7-8,13-16H2,1H3,(H,25,30)/t17-,21-,22+/m1/s1. The zero-order chi connectivity index (χ0) is 21.1. The van der Waals surface area contributed by atoms with Gasteiger partial charge in [-0.2, -0.15) is 0 Å². The molecule has 158 valence electrons. The maximum atomic E-state index is 13.0. The van der Waals surface area contributed by atoms with Crippen LogP contribution in [0.5, 0.6) is 0 Å². The monoisotopic (exact) mass is 407 g/mol. The molecule has 2 aromatic rings. The summed E-state index contributed by atoms with van der Waals surface area (Å²) < 4.78 is 0. The van der Waals surface area contributed by atoms with Crippen molar-refractivity contribution < 1.29 is 14.7 Å². The molecule has 2 fully saturated rings. The van der Waals surface area contributed by atoms with Gasteiger partial charge in [0.2, 0.25) is 5.91 Å². The maximum Gasteiger partial charge on any atom is 0.241 e. The first kappa shape index (κ1) is 20.7. The van der Waals surface area contributed by atoms with Crippen LogP contribution in [0.25, 0.3) is 0 Å². The average molecular weight is 408 g/mol. The van der Waals surface area contributed by atoms with E-state index in [0.717, 1.165) is 13.1 Å². The number of carbonyl (C=O) groups excluding carboxylic acids is 2. The highest BCUT2D eigenvalue weighted by Crippen LogP contribution is 2.24. The van der Waals surface area contributed by atoms with Crippen molar-refractivity contribution in [2.45, 2.75) is 38.0 Å². The summed E-state index contributed by atoms with van der Waals surface area (Å²) in [6, 6.07) is 15.9. The van der Waals surface area contributed by atoms with Crippen LogP contribution >= 0.6 is 0 Å². The Morgan fingerprint density at radius 3 is 2.40 bits per heavy atom. The van der Waals surface area contributed by atoms with Crippen molar-refractivity contribution in [3.63, 3.8) is 0 Å². The van der Waals surface area contributed by atoms with Crippen molar-refractivity contribution in [3.8, 4) is 0 Å². The minimum atomic E-state index is -0.440. The summed E-state index contributed by atoms with van der Waals surface area (Å²) in [6.45, 7) is 5.06. The molecule has 0 saturated carbocycles. The van der Waals surface area contributed by atoms with Gasteiger partial charge in [0.05, 0.1) is 17.8 Å². The van der Waals surface area contributed by atoms with Crippen LogP contribution in [0, 0.1) is 0 Å². The van der Waals surface area contributed by atoms with E-state index in [0.29, 0.717) is 29.9 Å². The Bertz CT molecular complexity index is 896. The van der Waals surface area contributed by atoms with Crippen molar-refractivity contribution >= 4 is 17.4 Å². The van der Waals surface area contributed by atoms with Crippen LogP contribution in [-0.4, -0.2) is 71.0 Å². The van der Waals surface area contributed by atoms with Crippen molar-refractivity contribution in [1.29, 1.82) is 0 Å². The van der Waals surface area contributed by atoms with Crippen molar-refractivity contribution in [2.24, 2.45) is 0 Å². The van der Waals surface area contributed by atoms with Gasteiger partial charge in [-0.1, -0.05) is 42.5 Å². The molecule has 6 nitrogen and oxygen atoms in total. The third-order valence-electron chi connectivity index (χ3n) is 6.29. The lowest BCUT2D eigenvalue weighted by atomic mass is 10.0. The molecule has 1 amide bonds. The fraction of sp³-hybridized carbons (Fsp3) is 0.417. The quantitative estimate of drug-likeness (QED) is 0.720. The number of likely N-dealkylation sites (tertiary alicyclic amines) is 2. The highest BCUT2D eigenvalue weighted by atomic mass is 16.3. The Morgan fingerprint density at radius 2 is 1.67 bits per heavy atom. The van der Waals surface area contributed by atoms with Crippen LogP contribution in [0.15, 0.2) is 54.6 Å². The molecule has 0 bridgehead atoms. The number of aliphatic hydroxyl groups excluding tert-OH is 1. The molecular weight excluding hydrogens is 378 g/mol. The van der Waals surface area contributed by atoms with Gasteiger partial charge in [0.25, 0.3) is 0 Å². The molecule has 0 aliphatic carbocycles. The number of hydrogen-bond donors (Lipinski definition) is 2. The number of β-amino-alcohol motifs (C(OH)–C–C–N with tert-alkyl or cyclic N) is 1. The third kappa shape index (κ3) is 4.31. The van der Waals surface area contributed by atoms with Crippen LogP contribution < -0.4 is 5.32 Å². The highest BCUT2D eigenvalue weighted by molar-refractivity contribution is 6.14. The van der Waals surface area contributed by atoms with Gasteiger partial charge < -0.3 is 10.4 Å². The Labute approximate surface area is 177 Å². The maximum absolute atomic E-state index is 13.0. The number of nitrogens with one attached hydrogen (secondary N) is 1. The first-order valence-corrected chi connectivity index (χ1v) is 10.7. The van der Waals surface area contributed by atoms with Crippen LogP contribution in [0.2, 0.25) is 0 Å². The van der Waals surface area contributed by atoms with Crippen molar-refractivity contribution in [1.82, 2.24) is 9.80 Å².